The molecule has 0 unspecified atom stereocenters. The minimum atomic E-state index is -0.177. The van der Waals surface area contributed by atoms with Gasteiger partial charge in [0.1, 0.15) is 12.4 Å². The molecule has 3 aromatic rings. The first-order valence-electron chi connectivity index (χ1n) is 10.0. The van der Waals surface area contributed by atoms with E-state index in [4.69, 9.17) is 40.2 Å². The van der Waals surface area contributed by atoms with Crippen molar-refractivity contribution in [3.05, 3.63) is 92.8 Å². The van der Waals surface area contributed by atoms with Gasteiger partial charge in [-0.3, -0.25) is 9.69 Å². The fourth-order valence-corrected chi connectivity index (χ4v) is 4.97. The number of carbonyl (C=O) groups excluding carboxylic acids is 1. The van der Waals surface area contributed by atoms with Crippen LogP contribution in [0.4, 0.5) is 11.4 Å². The van der Waals surface area contributed by atoms with E-state index in [1.165, 1.54) is 11.8 Å². The lowest BCUT2D eigenvalue weighted by Gasteiger charge is -2.17. The minimum absolute atomic E-state index is 0.177. The van der Waals surface area contributed by atoms with Crippen molar-refractivity contribution in [2.75, 3.05) is 23.9 Å². The Balaban J connectivity index is 1.59. The number of thiocarbonyl (C=S) groups is 1. The summed E-state index contributed by atoms with van der Waals surface area (Å²) in [5.74, 6) is 0.434. The largest absolute Gasteiger partial charge is 0.488 e. The maximum Gasteiger partial charge on any atom is 0.270 e. The van der Waals surface area contributed by atoms with Crippen LogP contribution in [0.15, 0.2) is 71.6 Å². The zero-order valence-electron chi connectivity index (χ0n) is 17.9. The number of ether oxygens (including phenoxy) is 1. The lowest BCUT2D eigenvalue weighted by atomic mass is 10.1. The van der Waals surface area contributed by atoms with Crippen molar-refractivity contribution in [3.63, 3.8) is 0 Å². The van der Waals surface area contributed by atoms with Gasteiger partial charge in [0.05, 0.1) is 10.6 Å². The molecule has 168 valence electrons. The van der Waals surface area contributed by atoms with Crippen LogP contribution in [0.25, 0.3) is 6.08 Å². The quantitative estimate of drug-likeness (QED) is 0.260. The monoisotopic (exact) mass is 514 g/mol. The van der Waals surface area contributed by atoms with E-state index in [-0.39, 0.29) is 5.91 Å². The molecular formula is C25H20Cl2N2O2S2. The summed E-state index contributed by atoms with van der Waals surface area (Å²) in [5, 5.41) is 1.20. The first-order chi connectivity index (χ1) is 15.8. The number of benzene rings is 3. The van der Waals surface area contributed by atoms with E-state index < -0.39 is 0 Å². The summed E-state index contributed by atoms with van der Waals surface area (Å²) in [6.07, 6.45) is 1.77. The van der Waals surface area contributed by atoms with Crippen LogP contribution < -0.4 is 14.5 Å². The summed E-state index contributed by atoms with van der Waals surface area (Å²) in [6.45, 7) is 0.336. The molecule has 1 aliphatic heterocycles. The van der Waals surface area contributed by atoms with E-state index in [1.807, 2.05) is 67.5 Å². The number of hydrogen-bond acceptors (Lipinski definition) is 5. The number of anilines is 2. The van der Waals surface area contributed by atoms with Crippen molar-refractivity contribution in [1.29, 1.82) is 0 Å². The Hall–Kier alpha value is -2.51. The Bertz CT molecular complexity index is 1240. The molecule has 1 aliphatic rings. The highest BCUT2D eigenvalue weighted by atomic mass is 35.5. The van der Waals surface area contributed by atoms with Gasteiger partial charge in [-0.2, -0.15) is 0 Å². The maximum atomic E-state index is 13.2. The first kappa shape index (κ1) is 23.6. The molecule has 1 fully saturated rings. The number of carbonyl (C=O) groups is 1. The molecule has 0 bridgehead atoms. The van der Waals surface area contributed by atoms with Crippen LogP contribution in [0.2, 0.25) is 10.0 Å². The predicted octanol–water partition coefficient (Wildman–Crippen LogP) is 7.04. The van der Waals surface area contributed by atoms with Crippen molar-refractivity contribution in [1.82, 2.24) is 0 Å². The van der Waals surface area contributed by atoms with Crippen LogP contribution in [0.1, 0.15) is 11.1 Å². The van der Waals surface area contributed by atoms with Crippen LogP contribution in [0.5, 0.6) is 5.75 Å². The predicted molar refractivity (Wildman–Crippen MR) is 144 cm³/mol. The maximum absolute atomic E-state index is 13.2. The van der Waals surface area contributed by atoms with Gasteiger partial charge in [-0.15, -0.1) is 0 Å². The zero-order chi connectivity index (χ0) is 23.5. The average molecular weight is 515 g/mol. The smallest absolute Gasteiger partial charge is 0.270 e. The number of hydrogen-bond donors (Lipinski definition) is 0. The zero-order valence-corrected chi connectivity index (χ0v) is 21.1. The van der Waals surface area contributed by atoms with Crippen LogP contribution >= 0.6 is 47.2 Å². The fraction of sp³-hybridized carbons (Fsp3) is 0.120. The molecule has 8 heteroatoms. The van der Waals surface area contributed by atoms with Crippen LogP contribution in [0.3, 0.4) is 0 Å². The Morgan fingerprint density at radius 3 is 2.45 bits per heavy atom. The highest BCUT2D eigenvalue weighted by Gasteiger charge is 2.33. The molecule has 0 saturated carbocycles. The number of rotatable bonds is 6. The van der Waals surface area contributed by atoms with Gasteiger partial charge in [-0.1, -0.05) is 59.3 Å². The molecule has 0 aliphatic carbocycles. The second kappa shape index (κ2) is 10.2. The molecule has 33 heavy (non-hydrogen) atoms. The summed E-state index contributed by atoms with van der Waals surface area (Å²) in [7, 11) is 3.93. The highest BCUT2D eigenvalue weighted by Crippen LogP contribution is 2.38. The lowest BCUT2D eigenvalue weighted by Crippen LogP contribution is -2.27. The van der Waals surface area contributed by atoms with Gasteiger partial charge in [0.15, 0.2) is 4.32 Å². The minimum Gasteiger partial charge on any atom is -0.488 e. The SMILES string of the molecule is CN(C)c1ccc(N2C(=O)C(=Cc3cc(Cl)ccc3OCc3cccc(Cl)c3)SC2=S)cc1. The van der Waals surface area contributed by atoms with E-state index in [2.05, 4.69) is 0 Å². The number of halogens is 2. The van der Waals surface area contributed by atoms with Gasteiger partial charge < -0.3 is 9.64 Å². The van der Waals surface area contributed by atoms with Crippen molar-refractivity contribution in [3.8, 4) is 5.75 Å². The standard InChI is InChI=1S/C25H20Cl2N2O2S2/c1-28(2)20-7-9-21(10-8-20)29-24(30)23(33-25(29)32)14-17-13-19(27)6-11-22(17)31-15-16-4-3-5-18(26)12-16/h3-14H,15H2,1-2H3. The summed E-state index contributed by atoms with van der Waals surface area (Å²) in [4.78, 5) is 17.3. The molecule has 0 spiro atoms. The summed E-state index contributed by atoms with van der Waals surface area (Å²) in [5.41, 5.74) is 3.42. The molecule has 1 saturated heterocycles. The molecular weight excluding hydrogens is 495 g/mol. The Morgan fingerprint density at radius 1 is 1.03 bits per heavy atom. The van der Waals surface area contributed by atoms with E-state index in [0.717, 1.165) is 16.9 Å². The van der Waals surface area contributed by atoms with Crippen molar-refractivity contribution < 1.29 is 9.53 Å². The van der Waals surface area contributed by atoms with Crippen molar-refractivity contribution in [2.45, 2.75) is 6.61 Å². The Labute approximate surface area is 212 Å². The van der Waals surface area contributed by atoms with Gasteiger partial charge in [0.2, 0.25) is 0 Å². The molecule has 0 atom stereocenters. The lowest BCUT2D eigenvalue weighted by molar-refractivity contribution is -0.113. The Morgan fingerprint density at radius 2 is 1.76 bits per heavy atom. The van der Waals surface area contributed by atoms with Crippen LogP contribution in [-0.4, -0.2) is 24.3 Å². The third kappa shape index (κ3) is 5.53. The third-order valence-corrected chi connectivity index (χ3v) is 6.73. The van der Waals surface area contributed by atoms with E-state index in [0.29, 0.717) is 37.2 Å². The second-order valence-corrected chi connectivity index (χ2v) is 10.1. The third-order valence-electron chi connectivity index (χ3n) is 4.96. The van der Waals surface area contributed by atoms with Gasteiger partial charge in [-0.05, 0) is 66.2 Å². The average Bonchev–Trinajstić information content (AvgIpc) is 3.06. The van der Waals surface area contributed by atoms with E-state index in [9.17, 15) is 4.79 Å². The Kier molecular flexibility index (Phi) is 7.29. The van der Waals surface area contributed by atoms with Gasteiger partial charge in [0.25, 0.3) is 5.91 Å². The topological polar surface area (TPSA) is 32.8 Å². The van der Waals surface area contributed by atoms with Gasteiger partial charge >= 0.3 is 0 Å². The molecule has 1 heterocycles. The van der Waals surface area contributed by atoms with Crippen LogP contribution in [-0.2, 0) is 11.4 Å². The molecule has 3 aromatic carbocycles. The van der Waals surface area contributed by atoms with Gasteiger partial charge in [-0.25, -0.2) is 0 Å². The van der Waals surface area contributed by atoms with E-state index >= 15 is 0 Å². The van der Waals surface area contributed by atoms with Crippen LogP contribution in [0, 0.1) is 0 Å². The number of amides is 1. The normalized spacial score (nSPS) is 14.8. The molecule has 0 aromatic heterocycles. The first-order valence-corrected chi connectivity index (χ1v) is 12.0. The summed E-state index contributed by atoms with van der Waals surface area (Å²) in [6, 6.07) is 20.5. The fourth-order valence-electron chi connectivity index (χ4n) is 3.28. The second-order valence-electron chi connectivity index (χ2n) is 7.53. The molecule has 4 rings (SSSR count). The molecule has 0 radical (unpaired) electrons. The molecule has 4 nitrogen and oxygen atoms in total. The highest BCUT2D eigenvalue weighted by molar-refractivity contribution is 8.27. The van der Waals surface area contributed by atoms with Crippen molar-refractivity contribution in [2.24, 2.45) is 0 Å². The number of nitrogens with zero attached hydrogens (tertiary/aromatic N) is 2. The summed E-state index contributed by atoms with van der Waals surface area (Å²) < 4.78 is 6.50. The number of thioether (sulfide) groups is 1. The molecule has 0 N–H and O–H groups in total. The molecule has 1 amide bonds. The van der Waals surface area contributed by atoms with E-state index in [1.54, 1.807) is 29.2 Å². The summed E-state index contributed by atoms with van der Waals surface area (Å²) >= 11 is 19.1. The van der Waals surface area contributed by atoms with Gasteiger partial charge in [0, 0.05) is 35.4 Å². The van der Waals surface area contributed by atoms with Crippen molar-refractivity contribution >= 4 is 74.9 Å².